The number of nitrogens with zero attached hydrogens (tertiary/aromatic N) is 6. The van der Waals surface area contributed by atoms with Crippen LogP contribution in [0.2, 0.25) is 0 Å². The van der Waals surface area contributed by atoms with Gasteiger partial charge >= 0.3 is 0 Å². The van der Waals surface area contributed by atoms with Crippen LogP contribution in [-0.4, -0.2) is 56.5 Å². The molecule has 1 amide bonds. The number of aromatic nitrogens is 4. The second-order valence-electron chi connectivity index (χ2n) is 5.99. The molecule has 134 valence electrons. The highest BCUT2D eigenvalue weighted by Gasteiger charge is 2.24. The number of carbonyl (C=O) groups is 1. The first kappa shape index (κ1) is 17.2. The number of hydrogen-bond donors (Lipinski definition) is 0. The molecule has 0 spiro atoms. The van der Waals surface area contributed by atoms with Crippen molar-refractivity contribution in [2.75, 3.05) is 31.1 Å². The highest BCUT2D eigenvalue weighted by molar-refractivity contribution is 9.10. The van der Waals surface area contributed by atoms with Crippen LogP contribution in [0, 0.1) is 6.92 Å². The number of carbonyl (C=O) groups excluding carboxylic acids is 1. The van der Waals surface area contributed by atoms with Gasteiger partial charge in [-0.15, -0.1) is 11.3 Å². The van der Waals surface area contributed by atoms with Crippen molar-refractivity contribution in [3.8, 4) is 5.82 Å². The van der Waals surface area contributed by atoms with Crippen molar-refractivity contribution < 1.29 is 4.79 Å². The quantitative estimate of drug-likeness (QED) is 0.636. The minimum Gasteiger partial charge on any atom is -0.353 e. The van der Waals surface area contributed by atoms with Crippen LogP contribution in [0.3, 0.4) is 0 Å². The highest BCUT2D eigenvalue weighted by atomic mass is 79.9. The SMILES string of the molecule is Cc1nccn1-c1cc(N2CCN(C(=O)c3cc(Br)cs3)CC2)ncn1. The third-order valence-electron chi connectivity index (χ3n) is 4.38. The molecule has 7 nitrogen and oxygen atoms in total. The van der Waals surface area contributed by atoms with Gasteiger partial charge < -0.3 is 9.80 Å². The average Bonchev–Trinajstić information content (AvgIpc) is 3.30. The van der Waals surface area contributed by atoms with Crippen molar-refractivity contribution in [1.82, 2.24) is 24.4 Å². The fourth-order valence-corrected chi connectivity index (χ4v) is 4.37. The molecule has 0 aliphatic carbocycles. The third-order valence-corrected chi connectivity index (χ3v) is 6.06. The maximum Gasteiger partial charge on any atom is 0.264 e. The molecule has 3 aromatic rings. The summed E-state index contributed by atoms with van der Waals surface area (Å²) in [7, 11) is 0. The van der Waals surface area contributed by atoms with Crippen molar-refractivity contribution >= 4 is 39.0 Å². The Kier molecular flexibility index (Phi) is 4.73. The van der Waals surface area contributed by atoms with Gasteiger partial charge in [0.1, 0.15) is 23.8 Å². The summed E-state index contributed by atoms with van der Waals surface area (Å²) in [6.07, 6.45) is 5.21. The van der Waals surface area contributed by atoms with Crippen molar-refractivity contribution in [3.63, 3.8) is 0 Å². The molecular weight excluding hydrogens is 416 g/mol. The second-order valence-corrected chi connectivity index (χ2v) is 7.81. The van der Waals surface area contributed by atoms with Crippen LogP contribution < -0.4 is 4.90 Å². The van der Waals surface area contributed by atoms with Gasteiger partial charge in [0.05, 0.1) is 4.88 Å². The van der Waals surface area contributed by atoms with Gasteiger partial charge in [0, 0.05) is 54.5 Å². The summed E-state index contributed by atoms with van der Waals surface area (Å²) in [5, 5.41) is 1.93. The summed E-state index contributed by atoms with van der Waals surface area (Å²) in [6, 6.07) is 3.84. The van der Waals surface area contributed by atoms with Crippen LogP contribution in [0.4, 0.5) is 5.82 Å². The topological polar surface area (TPSA) is 67.2 Å². The number of amides is 1. The van der Waals surface area contributed by atoms with E-state index in [0.29, 0.717) is 13.1 Å². The van der Waals surface area contributed by atoms with E-state index in [4.69, 9.17) is 0 Å². The molecular formula is C17H17BrN6OS. The summed E-state index contributed by atoms with van der Waals surface area (Å²) in [5.41, 5.74) is 0. The number of hydrogen-bond acceptors (Lipinski definition) is 6. The minimum absolute atomic E-state index is 0.0952. The van der Waals surface area contributed by atoms with Crippen molar-refractivity contribution in [2.45, 2.75) is 6.92 Å². The molecule has 4 heterocycles. The number of aryl methyl sites for hydroxylation is 1. The Morgan fingerprint density at radius 2 is 1.88 bits per heavy atom. The van der Waals surface area contributed by atoms with E-state index in [2.05, 4.69) is 35.8 Å². The molecule has 0 saturated carbocycles. The molecule has 1 aliphatic rings. The molecule has 3 aromatic heterocycles. The third kappa shape index (κ3) is 3.36. The minimum atomic E-state index is 0.0952. The Bertz CT molecular complexity index is 931. The Hall–Kier alpha value is -2.26. The number of halogens is 1. The largest absolute Gasteiger partial charge is 0.353 e. The van der Waals surface area contributed by atoms with Gasteiger partial charge in [0.25, 0.3) is 5.91 Å². The monoisotopic (exact) mass is 432 g/mol. The van der Waals surface area contributed by atoms with Crippen molar-refractivity contribution in [3.05, 3.63) is 51.4 Å². The van der Waals surface area contributed by atoms with Gasteiger partial charge in [0.15, 0.2) is 0 Å². The first-order valence-electron chi connectivity index (χ1n) is 8.22. The molecule has 1 aliphatic heterocycles. The highest BCUT2D eigenvalue weighted by Crippen LogP contribution is 2.23. The molecule has 0 atom stereocenters. The predicted octanol–water partition coefficient (Wildman–Crippen LogP) is 2.76. The number of rotatable bonds is 3. The number of thiophene rings is 1. The van der Waals surface area contributed by atoms with E-state index in [0.717, 1.165) is 39.9 Å². The summed E-state index contributed by atoms with van der Waals surface area (Å²) >= 11 is 4.87. The smallest absolute Gasteiger partial charge is 0.264 e. The lowest BCUT2D eigenvalue weighted by molar-refractivity contribution is 0.0751. The van der Waals surface area contributed by atoms with Crippen LogP contribution >= 0.6 is 27.3 Å². The fourth-order valence-electron chi connectivity index (χ4n) is 2.98. The standard InChI is InChI=1S/C17H17BrN6OS/c1-12-19-2-3-24(12)16-9-15(20-11-21-16)22-4-6-23(7-5-22)17(25)14-8-13(18)10-26-14/h2-3,8-11H,4-7H2,1H3. The molecule has 0 aromatic carbocycles. The molecule has 0 radical (unpaired) electrons. The second kappa shape index (κ2) is 7.16. The van der Waals surface area contributed by atoms with E-state index in [-0.39, 0.29) is 5.91 Å². The van der Waals surface area contributed by atoms with Crippen molar-refractivity contribution in [2.24, 2.45) is 0 Å². The maximum absolute atomic E-state index is 12.6. The lowest BCUT2D eigenvalue weighted by Crippen LogP contribution is -2.48. The van der Waals surface area contributed by atoms with E-state index in [1.54, 1.807) is 12.5 Å². The van der Waals surface area contributed by atoms with E-state index in [1.807, 2.05) is 40.1 Å². The Morgan fingerprint density at radius 3 is 2.54 bits per heavy atom. The summed E-state index contributed by atoms with van der Waals surface area (Å²) in [4.78, 5) is 30.4. The molecule has 4 rings (SSSR count). The Morgan fingerprint density at radius 1 is 1.12 bits per heavy atom. The molecule has 9 heteroatoms. The zero-order chi connectivity index (χ0) is 18.1. The summed E-state index contributed by atoms with van der Waals surface area (Å²) in [5.74, 6) is 2.64. The molecule has 0 unspecified atom stereocenters. The fraction of sp³-hybridized carbons (Fsp3) is 0.294. The van der Waals surface area contributed by atoms with Crippen LogP contribution in [0.1, 0.15) is 15.5 Å². The van der Waals surface area contributed by atoms with E-state index in [1.165, 1.54) is 11.3 Å². The number of anilines is 1. The van der Waals surface area contributed by atoms with Gasteiger partial charge in [-0.1, -0.05) is 0 Å². The molecule has 1 fully saturated rings. The predicted molar refractivity (Wildman–Crippen MR) is 104 cm³/mol. The molecule has 0 N–H and O–H groups in total. The van der Waals surface area contributed by atoms with Gasteiger partial charge in [-0.2, -0.15) is 0 Å². The van der Waals surface area contributed by atoms with Crippen LogP contribution in [0.25, 0.3) is 5.82 Å². The normalized spacial score (nSPS) is 14.7. The number of imidazole rings is 1. The van der Waals surface area contributed by atoms with E-state index in [9.17, 15) is 4.79 Å². The van der Waals surface area contributed by atoms with Crippen LogP contribution in [0.5, 0.6) is 0 Å². The van der Waals surface area contributed by atoms with Crippen LogP contribution in [-0.2, 0) is 0 Å². The summed E-state index contributed by atoms with van der Waals surface area (Å²) < 4.78 is 2.88. The molecule has 1 saturated heterocycles. The van der Waals surface area contributed by atoms with E-state index >= 15 is 0 Å². The van der Waals surface area contributed by atoms with Gasteiger partial charge in [0.2, 0.25) is 0 Å². The lowest BCUT2D eigenvalue weighted by atomic mass is 10.3. The molecule has 0 bridgehead atoms. The average molecular weight is 433 g/mol. The van der Waals surface area contributed by atoms with Crippen molar-refractivity contribution in [1.29, 1.82) is 0 Å². The lowest BCUT2D eigenvalue weighted by Gasteiger charge is -2.35. The number of piperazine rings is 1. The Balaban J connectivity index is 1.45. The summed E-state index contributed by atoms with van der Waals surface area (Å²) in [6.45, 7) is 4.79. The zero-order valence-electron chi connectivity index (χ0n) is 14.2. The van der Waals surface area contributed by atoms with E-state index < -0.39 is 0 Å². The van der Waals surface area contributed by atoms with Crippen LogP contribution in [0.15, 0.2) is 40.7 Å². The Labute approximate surface area is 163 Å². The van der Waals surface area contributed by atoms with Gasteiger partial charge in [-0.3, -0.25) is 9.36 Å². The van der Waals surface area contributed by atoms with Gasteiger partial charge in [-0.05, 0) is 28.9 Å². The maximum atomic E-state index is 12.6. The zero-order valence-corrected chi connectivity index (χ0v) is 16.6. The first-order valence-corrected chi connectivity index (χ1v) is 9.90. The first-order chi connectivity index (χ1) is 12.6. The van der Waals surface area contributed by atoms with Gasteiger partial charge in [-0.25, -0.2) is 15.0 Å². The molecule has 26 heavy (non-hydrogen) atoms.